The van der Waals surface area contributed by atoms with Crippen LogP contribution in [0, 0.1) is 10.1 Å². The molecule has 0 atom stereocenters. The monoisotopic (exact) mass is 377 g/mol. The van der Waals surface area contributed by atoms with Crippen molar-refractivity contribution in [3.8, 4) is 11.5 Å². The molecule has 0 unspecified atom stereocenters. The van der Waals surface area contributed by atoms with E-state index in [4.69, 9.17) is 9.47 Å². The highest BCUT2D eigenvalue weighted by atomic mass is 16.6. The minimum atomic E-state index is -0.444. The molecule has 3 aromatic carbocycles. The van der Waals surface area contributed by atoms with Gasteiger partial charge < -0.3 is 9.47 Å². The first kappa shape index (κ1) is 18.9. The van der Waals surface area contributed by atoms with Crippen molar-refractivity contribution in [2.45, 2.75) is 6.61 Å². The molecule has 142 valence electrons. The Morgan fingerprint density at radius 2 is 1.79 bits per heavy atom. The molecule has 0 aliphatic carbocycles. The maximum Gasteiger partial charge on any atom is 0.269 e. The summed E-state index contributed by atoms with van der Waals surface area (Å²) in [6.45, 7) is 0.451. The summed E-state index contributed by atoms with van der Waals surface area (Å²) in [5, 5.41) is 14.8. The van der Waals surface area contributed by atoms with Crippen LogP contribution in [-0.2, 0) is 6.61 Å². The van der Waals surface area contributed by atoms with Crippen LogP contribution in [0.15, 0.2) is 77.9 Å². The molecule has 0 bridgehead atoms. The lowest BCUT2D eigenvalue weighted by atomic mass is 10.2. The highest BCUT2D eigenvalue weighted by molar-refractivity contribution is 5.81. The van der Waals surface area contributed by atoms with Crippen molar-refractivity contribution >= 4 is 17.6 Å². The average Bonchev–Trinajstić information content (AvgIpc) is 2.73. The average molecular weight is 377 g/mol. The van der Waals surface area contributed by atoms with Crippen LogP contribution in [0.4, 0.5) is 11.4 Å². The fraction of sp³-hybridized carbons (Fsp3) is 0.0952. The van der Waals surface area contributed by atoms with Crippen LogP contribution in [0.25, 0.3) is 0 Å². The molecular formula is C21H19N3O4. The molecule has 3 aromatic rings. The normalized spacial score (nSPS) is 10.6. The first-order valence-electron chi connectivity index (χ1n) is 8.54. The number of anilines is 1. The van der Waals surface area contributed by atoms with Gasteiger partial charge in [0.2, 0.25) is 0 Å². The van der Waals surface area contributed by atoms with Gasteiger partial charge in [0.25, 0.3) is 5.69 Å². The molecule has 0 saturated carbocycles. The number of rotatable bonds is 8. The molecule has 0 amide bonds. The van der Waals surface area contributed by atoms with Crippen molar-refractivity contribution in [2.24, 2.45) is 5.10 Å². The summed E-state index contributed by atoms with van der Waals surface area (Å²) in [6.07, 6.45) is 1.63. The fourth-order valence-electron chi connectivity index (χ4n) is 2.46. The van der Waals surface area contributed by atoms with Gasteiger partial charge in [-0.2, -0.15) is 5.10 Å². The first-order valence-corrected chi connectivity index (χ1v) is 8.54. The smallest absolute Gasteiger partial charge is 0.269 e. The van der Waals surface area contributed by atoms with Gasteiger partial charge in [0.05, 0.1) is 23.9 Å². The van der Waals surface area contributed by atoms with Crippen LogP contribution in [0.1, 0.15) is 11.1 Å². The summed E-state index contributed by atoms with van der Waals surface area (Å²) in [5.74, 6) is 1.25. The van der Waals surface area contributed by atoms with Crippen LogP contribution >= 0.6 is 0 Å². The Labute approximate surface area is 162 Å². The van der Waals surface area contributed by atoms with Crippen molar-refractivity contribution in [2.75, 3.05) is 12.5 Å². The number of hydrazone groups is 1. The van der Waals surface area contributed by atoms with E-state index in [1.807, 2.05) is 48.5 Å². The van der Waals surface area contributed by atoms with Gasteiger partial charge in [0, 0.05) is 12.1 Å². The van der Waals surface area contributed by atoms with Gasteiger partial charge in [-0.3, -0.25) is 15.5 Å². The molecule has 7 heteroatoms. The number of nitro groups is 1. The van der Waals surface area contributed by atoms with E-state index in [0.29, 0.717) is 23.8 Å². The lowest BCUT2D eigenvalue weighted by molar-refractivity contribution is -0.384. The van der Waals surface area contributed by atoms with E-state index in [1.165, 1.54) is 12.1 Å². The lowest BCUT2D eigenvalue weighted by Crippen LogP contribution is -1.98. The van der Waals surface area contributed by atoms with Gasteiger partial charge in [-0.15, -0.1) is 0 Å². The number of hydrogen-bond donors (Lipinski definition) is 1. The Bertz CT molecular complexity index is 957. The molecule has 0 fully saturated rings. The van der Waals surface area contributed by atoms with Gasteiger partial charge in [-0.05, 0) is 41.5 Å². The SMILES string of the molecule is COc1cc(/C=N/Nc2ccc([N+](=O)[O-])cc2)ccc1OCc1ccccc1. The second-order valence-corrected chi connectivity index (χ2v) is 5.86. The third kappa shape index (κ3) is 5.07. The number of ether oxygens (including phenoxy) is 2. The van der Waals surface area contributed by atoms with E-state index >= 15 is 0 Å². The van der Waals surface area contributed by atoms with E-state index in [9.17, 15) is 10.1 Å². The van der Waals surface area contributed by atoms with E-state index in [-0.39, 0.29) is 5.69 Å². The maximum absolute atomic E-state index is 10.7. The molecule has 0 aliphatic heterocycles. The standard InChI is InChI=1S/C21H19N3O4/c1-27-21-13-17(7-12-20(21)28-15-16-5-3-2-4-6-16)14-22-23-18-8-10-19(11-9-18)24(25)26/h2-14,23H,15H2,1H3/b22-14+. The summed E-state index contributed by atoms with van der Waals surface area (Å²) in [7, 11) is 1.58. The van der Waals surface area contributed by atoms with E-state index in [2.05, 4.69) is 10.5 Å². The number of benzene rings is 3. The molecule has 0 aliphatic rings. The zero-order valence-corrected chi connectivity index (χ0v) is 15.2. The number of methoxy groups -OCH3 is 1. The van der Waals surface area contributed by atoms with Gasteiger partial charge in [0.15, 0.2) is 11.5 Å². The van der Waals surface area contributed by atoms with Crippen molar-refractivity contribution in [3.63, 3.8) is 0 Å². The van der Waals surface area contributed by atoms with Gasteiger partial charge in [0.1, 0.15) is 6.61 Å². The molecule has 0 saturated heterocycles. The second-order valence-electron chi connectivity index (χ2n) is 5.86. The van der Waals surface area contributed by atoms with Gasteiger partial charge in [-0.1, -0.05) is 30.3 Å². The maximum atomic E-state index is 10.7. The third-order valence-corrected chi connectivity index (χ3v) is 3.91. The van der Waals surface area contributed by atoms with Crippen LogP contribution < -0.4 is 14.9 Å². The van der Waals surface area contributed by atoms with Crippen molar-refractivity contribution in [1.82, 2.24) is 0 Å². The minimum Gasteiger partial charge on any atom is -0.493 e. The summed E-state index contributed by atoms with van der Waals surface area (Å²) in [4.78, 5) is 10.2. The molecule has 0 aromatic heterocycles. The van der Waals surface area contributed by atoms with Crippen molar-refractivity contribution < 1.29 is 14.4 Å². The van der Waals surface area contributed by atoms with E-state index in [0.717, 1.165) is 11.1 Å². The summed E-state index contributed by atoms with van der Waals surface area (Å²) >= 11 is 0. The third-order valence-electron chi connectivity index (χ3n) is 3.91. The van der Waals surface area contributed by atoms with E-state index < -0.39 is 4.92 Å². The topological polar surface area (TPSA) is 86.0 Å². The summed E-state index contributed by atoms with van der Waals surface area (Å²) in [5.41, 5.74) is 5.40. The van der Waals surface area contributed by atoms with Crippen LogP contribution in [0.2, 0.25) is 0 Å². The summed E-state index contributed by atoms with van der Waals surface area (Å²) in [6, 6.07) is 21.4. The Kier molecular flexibility index (Phi) is 6.20. The lowest BCUT2D eigenvalue weighted by Gasteiger charge is -2.11. The molecule has 3 rings (SSSR count). The molecule has 7 nitrogen and oxygen atoms in total. The van der Waals surface area contributed by atoms with Crippen LogP contribution in [0.5, 0.6) is 11.5 Å². The number of hydrogen-bond acceptors (Lipinski definition) is 6. The van der Waals surface area contributed by atoms with Crippen molar-refractivity contribution in [3.05, 3.63) is 94.0 Å². The number of non-ortho nitro benzene ring substituents is 1. The largest absolute Gasteiger partial charge is 0.493 e. The van der Waals surface area contributed by atoms with Crippen LogP contribution in [-0.4, -0.2) is 18.2 Å². The first-order chi connectivity index (χ1) is 13.7. The quantitative estimate of drug-likeness (QED) is 0.351. The highest BCUT2D eigenvalue weighted by Gasteiger charge is 2.06. The zero-order valence-electron chi connectivity index (χ0n) is 15.2. The Morgan fingerprint density at radius 3 is 2.46 bits per heavy atom. The van der Waals surface area contributed by atoms with Gasteiger partial charge in [-0.25, -0.2) is 0 Å². The second kappa shape index (κ2) is 9.18. The zero-order chi connectivity index (χ0) is 19.8. The summed E-state index contributed by atoms with van der Waals surface area (Å²) < 4.78 is 11.2. The highest BCUT2D eigenvalue weighted by Crippen LogP contribution is 2.28. The van der Waals surface area contributed by atoms with E-state index in [1.54, 1.807) is 25.5 Å². The molecular weight excluding hydrogens is 358 g/mol. The molecule has 28 heavy (non-hydrogen) atoms. The predicted octanol–water partition coefficient (Wildman–Crippen LogP) is 4.63. The Hall–Kier alpha value is -3.87. The molecule has 0 heterocycles. The molecule has 1 N–H and O–H groups in total. The van der Waals surface area contributed by atoms with Crippen molar-refractivity contribution in [1.29, 1.82) is 0 Å². The molecule has 0 radical (unpaired) electrons. The number of nitrogens with zero attached hydrogens (tertiary/aromatic N) is 2. The predicted molar refractivity (Wildman–Crippen MR) is 108 cm³/mol. The minimum absolute atomic E-state index is 0.0327. The van der Waals surface area contributed by atoms with Gasteiger partial charge >= 0.3 is 0 Å². The van der Waals surface area contributed by atoms with Crippen LogP contribution in [0.3, 0.4) is 0 Å². The fourth-order valence-corrected chi connectivity index (χ4v) is 2.46. The Balaban J connectivity index is 1.62. The Morgan fingerprint density at radius 1 is 1.04 bits per heavy atom. The number of nitrogens with one attached hydrogen (secondary N) is 1. The molecule has 0 spiro atoms. The number of nitro benzene ring substituents is 1.